The van der Waals surface area contributed by atoms with Crippen molar-refractivity contribution < 1.29 is 23.8 Å². The van der Waals surface area contributed by atoms with Crippen LogP contribution in [0.4, 0.5) is 15.4 Å². The molecule has 36 heavy (non-hydrogen) atoms. The molecule has 3 aromatic rings. The zero-order chi connectivity index (χ0) is 26.0. The minimum atomic E-state index is -0.651. The summed E-state index contributed by atoms with van der Waals surface area (Å²) in [6.45, 7) is 6.51. The molecular formula is C27H32N4O5. The Kier molecular flexibility index (Phi) is 9.21. The van der Waals surface area contributed by atoms with Crippen LogP contribution in [0.15, 0.2) is 67.0 Å². The van der Waals surface area contributed by atoms with Gasteiger partial charge in [-0.25, -0.2) is 19.6 Å². The van der Waals surface area contributed by atoms with E-state index in [9.17, 15) is 9.59 Å². The zero-order valence-corrected chi connectivity index (χ0v) is 21.0. The zero-order valence-electron chi connectivity index (χ0n) is 21.0. The SMILES string of the molecule is COC(=O)Nc1cc(-c2ccc(OCC(C)(CC(C)C)NC(=O)OCc3ccccc3)nc2)ccn1. The van der Waals surface area contributed by atoms with E-state index in [4.69, 9.17) is 9.47 Å². The van der Waals surface area contributed by atoms with E-state index in [1.165, 1.54) is 7.11 Å². The predicted molar refractivity (Wildman–Crippen MR) is 137 cm³/mol. The lowest BCUT2D eigenvalue weighted by atomic mass is 9.91. The Morgan fingerprint density at radius 1 is 1.00 bits per heavy atom. The van der Waals surface area contributed by atoms with Gasteiger partial charge in [-0.3, -0.25) is 5.32 Å². The Morgan fingerprint density at radius 3 is 2.44 bits per heavy atom. The summed E-state index contributed by atoms with van der Waals surface area (Å²) in [7, 11) is 1.29. The van der Waals surface area contributed by atoms with Gasteiger partial charge in [0.2, 0.25) is 5.88 Å². The van der Waals surface area contributed by atoms with E-state index in [2.05, 4.69) is 39.2 Å². The fourth-order valence-electron chi connectivity index (χ4n) is 3.76. The molecule has 0 saturated carbocycles. The van der Waals surface area contributed by atoms with E-state index in [0.29, 0.717) is 24.0 Å². The minimum Gasteiger partial charge on any atom is -0.475 e. The highest BCUT2D eigenvalue weighted by Crippen LogP contribution is 2.24. The third-order valence-corrected chi connectivity index (χ3v) is 5.26. The average molecular weight is 493 g/mol. The first kappa shape index (κ1) is 26.5. The molecule has 9 nitrogen and oxygen atoms in total. The predicted octanol–water partition coefficient (Wildman–Crippen LogP) is 5.43. The highest BCUT2D eigenvalue weighted by Gasteiger charge is 2.29. The number of pyridine rings is 2. The van der Waals surface area contributed by atoms with Crippen molar-refractivity contribution in [2.24, 2.45) is 5.92 Å². The molecule has 0 spiro atoms. The largest absolute Gasteiger partial charge is 0.475 e. The van der Waals surface area contributed by atoms with E-state index in [1.807, 2.05) is 49.4 Å². The monoisotopic (exact) mass is 492 g/mol. The Hall–Kier alpha value is -4.14. The molecule has 0 bridgehead atoms. The van der Waals surface area contributed by atoms with Gasteiger partial charge in [-0.1, -0.05) is 44.2 Å². The smallest absolute Gasteiger partial charge is 0.412 e. The number of alkyl carbamates (subject to hydrolysis) is 1. The molecule has 9 heteroatoms. The summed E-state index contributed by atoms with van der Waals surface area (Å²) in [4.78, 5) is 32.4. The molecule has 1 atom stereocenters. The summed E-state index contributed by atoms with van der Waals surface area (Å²) < 4.78 is 16.0. The van der Waals surface area contributed by atoms with Crippen molar-refractivity contribution in [3.63, 3.8) is 0 Å². The summed E-state index contributed by atoms with van der Waals surface area (Å²) in [6.07, 6.45) is 2.86. The summed E-state index contributed by atoms with van der Waals surface area (Å²) in [5.41, 5.74) is 1.91. The number of benzene rings is 1. The molecule has 0 fully saturated rings. The fourth-order valence-corrected chi connectivity index (χ4v) is 3.76. The van der Waals surface area contributed by atoms with Gasteiger partial charge in [0.25, 0.3) is 0 Å². The number of carbonyl (C=O) groups excluding carboxylic acids is 2. The van der Waals surface area contributed by atoms with Crippen LogP contribution in [0.25, 0.3) is 11.1 Å². The van der Waals surface area contributed by atoms with Crippen LogP contribution in [0.2, 0.25) is 0 Å². The van der Waals surface area contributed by atoms with Crippen LogP contribution < -0.4 is 15.4 Å². The molecule has 0 radical (unpaired) electrons. The Balaban J connectivity index is 1.60. The number of ether oxygens (including phenoxy) is 3. The number of aromatic nitrogens is 2. The Morgan fingerprint density at radius 2 is 1.78 bits per heavy atom. The number of nitrogens with zero attached hydrogens (tertiary/aromatic N) is 2. The fraction of sp³-hybridized carbons (Fsp3) is 0.333. The van der Waals surface area contributed by atoms with Gasteiger partial charge in [0.1, 0.15) is 19.0 Å². The Bertz CT molecular complexity index is 1140. The first-order valence-corrected chi connectivity index (χ1v) is 11.7. The van der Waals surface area contributed by atoms with Crippen molar-refractivity contribution in [3.05, 3.63) is 72.6 Å². The molecule has 3 rings (SSSR count). The lowest BCUT2D eigenvalue weighted by Gasteiger charge is -2.31. The maximum atomic E-state index is 12.5. The second kappa shape index (κ2) is 12.5. The lowest BCUT2D eigenvalue weighted by Crippen LogP contribution is -2.51. The average Bonchev–Trinajstić information content (AvgIpc) is 2.87. The van der Waals surface area contributed by atoms with Crippen LogP contribution in [0.5, 0.6) is 5.88 Å². The molecule has 0 aliphatic rings. The number of carbonyl (C=O) groups is 2. The minimum absolute atomic E-state index is 0.195. The van der Waals surface area contributed by atoms with E-state index in [0.717, 1.165) is 16.7 Å². The molecule has 2 amide bonds. The van der Waals surface area contributed by atoms with Crippen molar-refractivity contribution in [1.29, 1.82) is 0 Å². The second-order valence-corrected chi connectivity index (χ2v) is 9.07. The molecule has 1 unspecified atom stereocenters. The van der Waals surface area contributed by atoms with Crippen molar-refractivity contribution in [3.8, 4) is 17.0 Å². The van der Waals surface area contributed by atoms with E-state index in [1.54, 1.807) is 24.5 Å². The standard InChI is InChI=1S/C27H32N4O5/c1-19(2)15-27(3,31-26(33)35-17-20-8-6-5-7-9-20)18-36-24-11-10-22(16-29-24)21-12-13-28-23(14-21)30-25(32)34-4/h5-14,16,19H,15,17-18H2,1-4H3,(H,31,33)(H,28,30,32). The van der Waals surface area contributed by atoms with Gasteiger partial charge in [-0.15, -0.1) is 0 Å². The first-order valence-electron chi connectivity index (χ1n) is 11.7. The quantitative estimate of drug-likeness (QED) is 0.388. The third kappa shape index (κ3) is 8.26. The molecule has 190 valence electrons. The summed E-state index contributed by atoms with van der Waals surface area (Å²) >= 11 is 0. The van der Waals surface area contributed by atoms with Gasteiger partial charge >= 0.3 is 12.2 Å². The molecule has 2 heterocycles. The highest BCUT2D eigenvalue weighted by atomic mass is 16.6. The van der Waals surface area contributed by atoms with Crippen molar-refractivity contribution in [2.45, 2.75) is 39.3 Å². The molecular weight excluding hydrogens is 460 g/mol. The topological polar surface area (TPSA) is 112 Å². The van der Waals surface area contributed by atoms with E-state index in [-0.39, 0.29) is 13.2 Å². The number of nitrogens with one attached hydrogen (secondary N) is 2. The maximum absolute atomic E-state index is 12.5. The maximum Gasteiger partial charge on any atom is 0.412 e. The van der Waals surface area contributed by atoms with Gasteiger partial charge in [0.15, 0.2) is 0 Å². The molecule has 0 saturated heterocycles. The van der Waals surface area contributed by atoms with Crippen LogP contribution >= 0.6 is 0 Å². The molecule has 2 aromatic heterocycles. The van der Waals surface area contributed by atoms with Crippen LogP contribution in [0, 0.1) is 5.92 Å². The molecule has 1 aromatic carbocycles. The Labute approximate surface area is 211 Å². The number of hydrogen-bond acceptors (Lipinski definition) is 7. The van der Waals surface area contributed by atoms with Crippen molar-refractivity contribution in [1.82, 2.24) is 15.3 Å². The van der Waals surface area contributed by atoms with Gasteiger partial charge in [-0.2, -0.15) is 0 Å². The summed E-state index contributed by atoms with van der Waals surface area (Å²) in [5, 5.41) is 5.50. The van der Waals surface area contributed by atoms with Crippen molar-refractivity contribution in [2.75, 3.05) is 19.0 Å². The van der Waals surface area contributed by atoms with Gasteiger partial charge in [-0.05, 0) is 48.6 Å². The summed E-state index contributed by atoms with van der Waals surface area (Å²) in [6, 6.07) is 16.7. The molecule has 0 aliphatic carbocycles. The number of rotatable bonds is 10. The van der Waals surface area contributed by atoms with Crippen LogP contribution in [-0.4, -0.2) is 41.4 Å². The van der Waals surface area contributed by atoms with Gasteiger partial charge in [0.05, 0.1) is 12.6 Å². The van der Waals surface area contributed by atoms with Gasteiger partial charge < -0.3 is 19.5 Å². The molecule has 0 aliphatic heterocycles. The van der Waals surface area contributed by atoms with E-state index >= 15 is 0 Å². The number of amides is 2. The number of methoxy groups -OCH3 is 1. The van der Waals surface area contributed by atoms with E-state index < -0.39 is 17.7 Å². The normalized spacial score (nSPS) is 12.4. The van der Waals surface area contributed by atoms with Crippen LogP contribution in [0.1, 0.15) is 32.8 Å². The highest BCUT2D eigenvalue weighted by molar-refractivity contribution is 5.84. The van der Waals surface area contributed by atoms with Gasteiger partial charge in [0, 0.05) is 24.0 Å². The summed E-state index contributed by atoms with van der Waals surface area (Å²) in [5.74, 6) is 1.12. The van der Waals surface area contributed by atoms with Crippen LogP contribution in [0.3, 0.4) is 0 Å². The van der Waals surface area contributed by atoms with Crippen molar-refractivity contribution >= 4 is 18.0 Å². The lowest BCUT2D eigenvalue weighted by molar-refractivity contribution is 0.108. The first-order chi connectivity index (χ1) is 17.3. The molecule has 2 N–H and O–H groups in total. The third-order valence-electron chi connectivity index (χ3n) is 5.26. The number of hydrogen-bond donors (Lipinski definition) is 2. The number of anilines is 1. The van der Waals surface area contributed by atoms with Crippen LogP contribution in [-0.2, 0) is 16.1 Å². The second-order valence-electron chi connectivity index (χ2n) is 9.07.